The quantitative estimate of drug-likeness (QED) is 0.387. The van der Waals surface area contributed by atoms with Crippen molar-refractivity contribution in [1.82, 2.24) is 0 Å². The second-order valence-corrected chi connectivity index (χ2v) is 12.6. The van der Waals surface area contributed by atoms with Crippen molar-refractivity contribution in [3.8, 4) is 0 Å². The van der Waals surface area contributed by atoms with E-state index < -0.39 is 52.9 Å². The van der Waals surface area contributed by atoms with Gasteiger partial charge in [0, 0.05) is 46.3 Å². The van der Waals surface area contributed by atoms with Crippen molar-refractivity contribution < 1.29 is 43.2 Å². The van der Waals surface area contributed by atoms with Gasteiger partial charge in [-0.3, -0.25) is 14.4 Å². The van der Waals surface area contributed by atoms with Gasteiger partial charge in [0.1, 0.15) is 18.3 Å². The Kier molecular flexibility index (Phi) is 7.96. The third-order valence-corrected chi connectivity index (χ3v) is 10.2. The van der Waals surface area contributed by atoms with Crippen molar-refractivity contribution in [2.75, 3.05) is 20.8 Å². The number of ketones is 1. The summed E-state index contributed by atoms with van der Waals surface area (Å²) in [7, 11) is 3.03. The zero-order valence-corrected chi connectivity index (χ0v) is 24.8. The van der Waals surface area contributed by atoms with Crippen molar-refractivity contribution >= 4 is 17.7 Å². The highest BCUT2D eigenvalue weighted by atomic mass is 16.6. The molecule has 2 unspecified atom stereocenters. The predicted molar refractivity (Wildman–Crippen MR) is 148 cm³/mol. The number of carbonyl (C=O) groups excluding carboxylic acids is 3. The minimum absolute atomic E-state index is 0.0461. The Labute approximate surface area is 241 Å². The Hall–Kier alpha value is -2.59. The first-order valence-corrected chi connectivity index (χ1v) is 14.5. The average molecular weight is 571 g/mol. The third kappa shape index (κ3) is 4.94. The molecule has 0 aromatic heterocycles. The van der Waals surface area contributed by atoms with E-state index in [-0.39, 0.29) is 50.0 Å². The van der Waals surface area contributed by atoms with Gasteiger partial charge in [0.15, 0.2) is 11.4 Å². The molecule has 9 nitrogen and oxygen atoms in total. The van der Waals surface area contributed by atoms with Crippen molar-refractivity contribution in [2.45, 2.75) is 101 Å². The lowest BCUT2D eigenvalue weighted by atomic mass is 9.49. The molecule has 224 valence electrons. The third-order valence-electron chi connectivity index (χ3n) is 10.2. The molecule has 1 N–H and O–H groups in total. The summed E-state index contributed by atoms with van der Waals surface area (Å²) in [6.45, 7) is 7.13. The van der Waals surface area contributed by atoms with Crippen molar-refractivity contribution in [2.24, 2.45) is 11.3 Å². The Morgan fingerprint density at radius 3 is 2.44 bits per heavy atom. The Morgan fingerprint density at radius 1 is 1.15 bits per heavy atom. The van der Waals surface area contributed by atoms with E-state index in [4.69, 9.17) is 23.7 Å². The molecule has 2 saturated carbocycles. The highest BCUT2D eigenvalue weighted by Crippen LogP contribution is 2.60. The van der Waals surface area contributed by atoms with E-state index >= 15 is 0 Å². The Morgan fingerprint density at radius 2 is 1.85 bits per heavy atom. The number of esters is 2. The number of methoxy groups -OCH3 is 2. The summed E-state index contributed by atoms with van der Waals surface area (Å²) in [5, 5.41) is 12.2. The zero-order chi connectivity index (χ0) is 29.7. The van der Waals surface area contributed by atoms with E-state index in [0.717, 1.165) is 11.1 Å². The van der Waals surface area contributed by atoms with Gasteiger partial charge >= 0.3 is 11.9 Å². The smallest absolute Gasteiger partial charge is 0.306 e. The fraction of sp³-hybridized carbons (Fsp3) is 0.656. The van der Waals surface area contributed by atoms with Gasteiger partial charge in [-0.2, -0.15) is 0 Å². The van der Waals surface area contributed by atoms with E-state index in [9.17, 15) is 19.5 Å². The van der Waals surface area contributed by atoms with Crippen LogP contribution in [0.25, 0.3) is 0 Å². The van der Waals surface area contributed by atoms with Gasteiger partial charge in [-0.15, -0.1) is 0 Å². The van der Waals surface area contributed by atoms with Crippen LogP contribution in [0.5, 0.6) is 0 Å². The molecule has 1 aromatic carbocycles. The van der Waals surface area contributed by atoms with Gasteiger partial charge in [0.05, 0.1) is 30.1 Å². The van der Waals surface area contributed by atoms with Gasteiger partial charge in [0.25, 0.3) is 0 Å². The summed E-state index contributed by atoms with van der Waals surface area (Å²) in [5.41, 5.74) is -1.18. The standard InChI is InChI=1S/C32H42O9/c1-18(21-10-8-7-9-11-21)12-27(34)40-23-15-31(36)14-22(19(23)2)28(38-6)29(35)30(4)24(16-31)32(41-20(3)33)17-39-26(32)13-25(30)37-5/h7-11,18,23-26,28,36H,12-17H2,1-6H3/t18-,23?,24-,25?,26+,28+,30-,31+,32+/m0/s1. The van der Waals surface area contributed by atoms with Gasteiger partial charge in [-0.25, -0.2) is 0 Å². The summed E-state index contributed by atoms with van der Waals surface area (Å²) in [4.78, 5) is 40.0. The zero-order valence-electron chi connectivity index (χ0n) is 24.8. The van der Waals surface area contributed by atoms with E-state index in [1.165, 1.54) is 14.0 Å². The number of ether oxygens (including phenoxy) is 5. The lowest BCUT2D eigenvalue weighted by Gasteiger charge is -2.64. The molecule has 4 aliphatic rings. The number of Topliss-reactive ketones (excluding diaryl/α,β-unsaturated/α-hetero) is 1. The first kappa shape index (κ1) is 29.9. The molecule has 2 bridgehead atoms. The maximum absolute atomic E-state index is 14.5. The molecule has 1 heterocycles. The summed E-state index contributed by atoms with van der Waals surface area (Å²) < 4.78 is 29.6. The lowest BCUT2D eigenvalue weighted by molar-refractivity contribution is -0.326. The molecular formula is C32H42O9. The summed E-state index contributed by atoms with van der Waals surface area (Å²) in [5.74, 6) is -1.70. The van der Waals surface area contributed by atoms with Crippen molar-refractivity contribution in [1.29, 1.82) is 0 Å². The SMILES string of the molecule is COC1C[C@H]2OC[C@@]2(OC(C)=O)[C@H]2C[C@@]3(O)CC(=C(C)C(OC(=O)C[C@H](C)c4ccccc4)C3)[C@@H](OC)C(=O)[C@]12C. The van der Waals surface area contributed by atoms with Crippen LogP contribution in [0, 0.1) is 11.3 Å². The Balaban J connectivity index is 1.51. The van der Waals surface area contributed by atoms with E-state index in [2.05, 4.69) is 0 Å². The summed E-state index contributed by atoms with van der Waals surface area (Å²) in [6, 6.07) is 9.76. The monoisotopic (exact) mass is 570 g/mol. The number of rotatable bonds is 7. The molecule has 9 heteroatoms. The first-order valence-electron chi connectivity index (χ1n) is 14.5. The van der Waals surface area contributed by atoms with E-state index in [1.54, 1.807) is 7.11 Å². The molecule has 5 rings (SSSR count). The van der Waals surface area contributed by atoms with Gasteiger partial charge in [-0.1, -0.05) is 37.3 Å². The van der Waals surface area contributed by atoms with E-state index in [0.29, 0.717) is 12.0 Å². The fourth-order valence-corrected chi connectivity index (χ4v) is 7.90. The molecule has 0 amide bonds. The van der Waals surface area contributed by atoms with Crippen LogP contribution in [-0.4, -0.2) is 79.3 Å². The summed E-state index contributed by atoms with van der Waals surface area (Å²) >= 11 is 0. The molecule has 3 aliphatic carbocycles. The number of carbonyl (C=O) groups is 3. The van der Waals surface area contributed by atoms with Gasteiger partial charge in [-0.05, 0) is 42.9 Å². The Bertz CT molecular complexity index is 1230. The molecular weight excluding hydrogens is 528 g/mol. The van der Waals surface area contributed by atoms with E-state index in [1.807, 2.05) is 51.1 Å². The second-order valence-electron chi connectivity index (χ2n) is 12.6. The van der Waals surface area contributed by atoms with Crippen LogP contribution < -0.4 is 0 Å². The highest BCUT2D eigenvalue weighted by molar-refractivity contribution is 5.93. The molecule has 1 saturated heterocycles. The van der Waals surface area contributed by atoms with Crippen molar-refractivity contribution in [3.63, 3.8) is 0 Å². The van der Waals surface area contributed by atoms with Crippen LogP contribution in [0.2, 0.25) is 0 Å². The molecule has 41 heavy (non-hydrogen) atoms. The first-order chi connectivity index (χ1) is 19.4. The largest absolute Gasteiger partial charge is 0.458 e. The number of fused-ring (bicyclic) bond motifs is 5. The number of hydrogen-bond acceptors (Lipinski definition) is 9. The minimum atomic E-state index is -1.35. The van der Waals surface area contributed by atoms with Crippen LogP contribution in [0.3, 0.4) is 0 Å². The molecule has 0 spiro atoms. The topological polar surface area (TPSA) is 118 Å². The average Bonchev–Trinajstić information content (AvgIpc) is 2.92. The minimum Gasteiger partial charge on any atom is -0.458 e. The van der Waals surface area contributed by atoms with Gasteiger partial charge < -0.3 is 28.8 Å². The maximum atomic E-state index is 14.5. The number of aliphatic hydroxyl groups is 1. The molecule has 9 atom stereocenters. The fourth-order valence-electron chi connectivity index (χ4n) is 7.90. The van der Waals surface area contributed by atoms with Crippen LogP contribution in [0.4, 0.5) is 0 Å². The van der Waals surface area contributed by atoms with Crippen LogP contribution >= 0.6 is 0 Å². The molecule has 1 aliphatic heterocycles. The van der Waals surface area contributed by atoms with Gasteiger partial charge in [0.2, 0.25) is 0 Å². The molecule has 3 fully saturated rings. The number of benzene rings is 1. The van der Waals surface area contributed by atoms with Crippen LogP contribution in [-0.2, 0) is 38.1 Å². The lowest BCUT2D eigenvalue weighted by Crippen LogP contribution is -2.76. The highest BCUT2D eigenvalue weighted by Gasteiger charge is 2.72. The molecule has 1 aromatic rings. The molecule has 0 radical (unpaired) electrons. The van der Waals surface area contributed by atoms with Crippen LogP contribution in [0.15, 0.2) is 41.5 Å². The van der Waals surface area contributed by atoms with Crippen molar-refractivity contribution in [3.05, 3.63) is 47.0 Å². The van der Waals surface area contributed by atoms with Crippen LogP contribution in [0.1, 0.15) is 71.3 Å². The maximum Gasteiger partial charge on any atom is 0.306 e. The normalized spacial score (nSPS) is 38.9. The second kappa shape index (κ2) is 10.9. The number of hydrogen-bond donors (Lipinski definition) is 1. The summed E-state index contributed by atoms with van der Waals surface area (Å²) in [6.07, 6.45) is -1.67. The predicted octanol–water partition coefficient (Wildman–Crippen LogP) is 3.66.